The predicted molar refractivity (Wildman–Crippen MR) is 88.5 cm³/mol. The summed E-state index contributed by atoms with van der Waals surface area (Å²) in [6, 6.07) is 8.95. The van der Waals surface area contributed by atoms with Crippen molar-refractivity contribution in [3.63, 3.8) is 0 Å². The number of benzene rings is 1. The van der Waals surface area contributed by atoms with Gasteiger partial charge in [-0.15, -0.1) is 0 Å². The molecule has 1 fully saturated rings. The van der Waals surface area contributed by atoms with Gasteiger partial charge in [-0.1, -0.05) is 23.7 Å². The van der Waals surface area contributed by atoms with E-state index in [4.69, 9.17) is 11.6 Å². The number of carbonyl (C=O) groups is 2. The Morgan fingerprint density at radius 3 is 2.83 bits per heavy atom. The molecule has 2 amide bonds. The Kier molecular flexibility index (Phi) is 4.49. The molecule has 1 saturated heterocycles. The summed E-state index contributed by atoms with van der Waals surface area (Å²) in [7, 11) is 1.54. The van der Waals surface area contributed by atoms with Gasteiger partial charge in [-0.3, -0.25) is 9.59 Å². The average molecular weight is 348 g/mol. The minimum Gasteiger partial charge on any atom is -0.330 e. The zero-order valence-corrected chi connectivity index (χ0v) is 13.7. The van der Waals surface area contributed by atoms with Crippen molar-refractivity contribution in [2.45, 2.75) is 12.5 Å². The highest BCUT2D eigenvalue weighted by Gasteiger charge is 2.38. The quantitative estimate of drug-likeness (QED) is 0.802. The molecule has 2 heterocycles. The predicted octanol–water partition coefficient (Wildman–Crippen LogP) is 2.75. The second-order valence-electron chi connectivity index (χ2n) is 5.53. The van der Waals surface area contributed by atoms with Gasteiger partial charge in [0.15, 0.2) is 0 Å². The zero-order valence-electron chi connectivity index (χ0n) is 12.9. The fraction of sp³-hybridized carbons (Fsp3) is 0.235. The van der Waals surface area contributed by atoms with Crippen molar-refractivity contribution >= 4 is 29.1 Å². The van der Waals surface area contributed by atoms with Gasteiger partial charge in [-0.25, -0.2) is 4.98 Å². The number of pyridine rings is 1. The first-order valence-corrected chi connectivity index (χ1v) is 7.81. The fourth-order valence-electron chi connectivity index (χ4n) is 2.81. The lowest BCUT2D eigenvalue weighted by atomic mass is 10.1. The molecule has 7 heteroatoms. The Labute approximate surface area is 143 Å². The third-order valence-corrected chi connectivity index (χ3v) is 4.40. The average Bonchev–Trinajstić information content (AvgIpc) is 2.95. The van der Waals surface area contributed by atoms with Crippen molar-refractivity contribution < 1.29 is 14.0 Å². The summed E-state index contributed by atoms with van der Waals surface area (Å²) in [5.74, 6) is -1.35. The Bertz CT molecular complexity index is 799. The maximum atomic E-state index is 13.2. The van der Waals surface area contributed by atoms with Crippen LogP contribution in [0.1, 0.15) is 16.8 Å². The Morgan fingerprint density at radius 2 is 2.12 bits per heavy atom. The van der Waals surface area contributed by atoms with Gasteiger partial charge in [0.2, 0.25) is 11.9 Å². The van der Waals surface area contributed by atoms with Crippen LogP contribution in [0.5, 0.6) is 0 Å². The molecule has 0 N–H and O–H groups in total. The molecule has 124 valence electrons. The minimum atomic E-state index is -0.732. The lowest BCUT2D eigenvalue weighted by molar-refractivity contribution is -0.120. The monoisotopic (exact) mass is 347 g/mol. The number of likely N-dealkylation sites (N-methyl/N-ethyl adjacent to an activating group) is 1. The van der Waals surface area contributed by atoms with Crippen LogP contribution in [-0.4, -0.2) is 41.3 Å². The second kappa shape index (κ2) is 6.57. The SMILES string of the molecule is CN(C(=O)c1ccnc(F)c1)[C@@H]1CCN(c2ccccc2Cl)C1=O. The van der Waals surface area contributed by atoms with Gasteiger partial charge in [0.25, 0.3) is 5.91 Å². The number of rotatable bonds is 3. The first-order chi connectivity index (χ1) is 11.5. The maximum absolute atomic E-state index is 13.2. The highest BCUT2D eigenvalue weighted by atomic mass is 35.5. The first kappa shape index (κ1) is 16.4. The van der Waals surface area contributed by atoms with Crippen LogP contribution in [0, 0.1) is 5.95 Å². The zero-order chi connectivity index (χ0) is 17.3. The molecule has 0 radical (unpaired) electrons. The van der Waals surface area contributed by atoms with Crippen LogP contribution in [0.4, 0.5) is 10.1 Å². The number of nitrogens with zero attached hydrogens (tertiary/aromatic N) is 3. The van der Waals surface area contributed by atoms with Crippen molar-refractivity contribution in [1.82, 2.24) is 9.88 Å². The summed E-state index contributed by atoms with van der Waals surface area (Å²) < 4.78 is 13.2. The van der Waals surface area contributed by atoms with Crippen LogP contribution >= 0.6 is 11.6 Å². The van der Waals surface area contributed by atoms with Gasteiger partial charge in [-0.05, 0) is 24.6 Å². The molecule has 5 nitrogen and oxygen atoms in total. The molecule has 0 unspecified atom stereocenters. The highest BCUT2D eigenvalue weighted by Crippen LogP contribution is 2.30. The number of aromatic nitrogens is 1. The van der Waals surface area contributed by atoms with E-state index in [1.807, 2.05) is 0 Å². The van der Waals surface area contributed by atoms with Gasteiger partial charge in [0.05, 0.1) is 10.7 Å². The van der Waals surface area contributed by atoms with Gasteiger partial charge in [0.1, 0.15) is 6.04 Å². The Balaban J connectivity index is 1.80. The number of para-hydroxylation sites is 1. The van der Waals surface area contributed by atoms with Crippen molar-refractivity contribution in [3.05, 3.63) is 59.1 Å². The van der Waals surface area contributed by atoms with Crippen molar-refractivity contribution in [2.75, 3.05) is 18.5 Å². The fourth-order valence-corrected chi connectivity index (χ4v) is 3.05. The molecule has 0 bridgehead atoms. The smallest absolute Gasteiger partial charge is 0.254 e. The van der Waals surface area contributed by atoms with E-state index in [0.717, 1.165) is 6.07 Å². The topological polar surface area (TPSA) is 53.5 Å². The van der Waals surface area contributed by atoms with Gasteiger partial charge in [-0.2, -0.15) is 4.39 Å². The molecular formula is C17H15ClFN3O2. The lowest BCUT2D eigenvalue weighted by Crippen LogP contribution is -2.43. The minimum absolute atomic E-state index is 0.161. The molecule has 1 aromatic carbocycles. The number of hydrogen-bond acceptors (Lipinski definition) is 3. The normalized spacial score (nSPS) is 17.2. The first-order valence-electron chi connectivity index (χ1n) is 7.43. The van der Waals surface area contributed by atoms with E-state index in [-0.39, 0.29) is 11.5 Å². The van der Waals surface area contributed by atoms with Crippen LogP contribution < -0.4 is 4.90 Å². The van der Waals surface area contributed by atoms with E-state index in [1.54, 1.807) is 36.2 Å². The summed E-state index contributed by atoms with van der Waals surface area (Å²) in [6.45, 7) is 0.468. The summed E-state index contributed by atoms with van der Waals surface area (Å²) in [5, 5.41) is 0.483. The van der Waals surface area contributed by atoms with Crippen molar-refractivity contribution in [3.8, 4) is 0 Å². The van der Waals surface area contributed by atoms with E-state index in [9.17, 15) is 14.0 Å². The van der Waals surface area contributed by atoms with Crippen LogP contribution in [-0.2, 0) is 4.79 Å². The van der Waals surface area contributed by atoms with E-state index in [1.165, 1.54) is 17.2 Å². The van der Waals surface area contributed by atoms with Gasteiger partial charge < -0.3 is 9.80 Å². The van der Waals surface area contributed by atoms with Crippen molar-refractivity contribution in [1.29, 1.82) is 0 Å². The van der Waals surface area contributed by atoms with Crippen LogP contribution in [0.3, 0.4) is 0 Å². The van der Waals surface area contributed by atoms with Crippen LogP contribution in [0.15, 0.2) is 42.6 Å². The van der Waals surface area contributed by atoms with E-state index in [2.05, 4.69) is 4.98 Å². The summed E-state index contributed by atoms with van der Waals surface area (Å²) in [4.78, 5) is 31.5. The Morgan fingerprint density at radius 1 is 1.38 bits per heavy atom. The number of halogens is 2. The third kappa shape index (κ3) is 2.97. The molecule has 1 aliphatic heterocycles. The molecule has 1 aromatic heterocycles. The number of hydrogen-bond donors (Lipinski definition) is 0. The molecule has 2 aromatic rings. The second-order valence-corrected chi connectivity index (χ2v) is 5.94. The summed E-state index contributed by atoms with van der Waals surface area (Å²) in [6.07, 6.45) is 1.71. The van der Waals surface area contributed by atoms with Crippen LogP contribution in [0.2, 0.25) is 5.02 Å². The number of carbonyl (C=O) groups excluding carboxylic acids is 2. The maximum Gasteiger partial charge on any atom is 0.254 e. The molecule has 3 rings (SSSR count). The number of anilines is 1. The standard InChI is InChI=1S/C17H15ClFN3O2/c1-21(16(23)11-6-8-20-15(19)10-11)14-7-9-22(17(14)24)13-5-3-2-4-12(13)18/h2-6,8,10,14H,7,9H2,1H3/t14-/m1/s1. The lowest BCUT2D eigenvalue weighted by Gasteiger charge is -2.24. The molecule has 0 aliphatic carbocycles. The Hall–Kier alpha value is -2.47. The van der Waals surface area contributed by atoms with Crippen molar-refractivity contribution in [2.24, 2.45) is 0 Å². The highest BCUT2D eigenvalue weighted by molar-refractivity contribution is 6.34. The molecular weight excluding hydrogens is 333 g/mol. The van der Waals surface area contributed by atoms with Gasteiger partial charge in [0, 0.05) is 31.4 Å². The molecule has 0 saturated carbocycles. The molecule has 24 heavy (non-hydrogen) atoms. The molecule has 1 atom stereocenters. The largest absolute Gasteiger partial charge is 0.330 e. The summed E-state index contributed by atoms with van der Waals surface area (Å²) in [5.41, 5.74) is 0.788. The van der Waals surface area contributed by atoms with Crippen LogP contribution in [0.25, 0.3) is 0 Å². The third-order valence-electron chi connectivity index (χ3n) is 4.08. The molecule has 0 spiro atoms. The van der Waals surface area contributed by atoms with E-state index < -0.39 is 17.9 Å². The van der Waals surface area contributed by atoms with E-state index >= 15 is 0 Å². The van der Waals surface area contributed by atoms with Gasteiger partial charge >= 0.3 is 0 Å². The molecule has 1 aliphatic rings. The summed E-state index contributed by atoms with van der Waals surface area (Å²) >= 11 is 6.15. The number of amides is 2. The van der Waals surface area contributed by atoms with E-state index in [0.29, 0.717) is 23.7 Å².